The summed E-state index contributed by atoms with van der Waals surface area (Å²) in [4.78, 5) is 70.3. The number of β-amino-alcohol motifs (C(OH)–C–C–N with tert-alkyl or cyclic N) is 1. The van der Waals surface area contributed by atoms with Gasteiger partial charge in [-0.05, 0) is 73.1 Å². The van der Waals surface area contributed by atoms with E-state index in [-0.39, 0.29) is 43.6 Å². The molecule has 4 aromatic heterocycles. The minimum atomic E-state index is -1.01. The van der Waals surface area contributed by atoms with Crippen molar-refractivity contribution in [2.75, 3.05) is 13.1 Å². The second kappa shape index (κ2) is 20.1. The van der Waals surface area contributed by atoms with E-state index in [0.717, 1.165) is 32.6 Å². The number of carbonyl (C=O) groups is 4. The Morgan fingerprint density at radius 1 is 0.940 bits per heavy atom. The maximum Gasteiger partial charge on any atom is 0.269 e. The van der Waals surface area contributed by atoms with Crippen LogP contribution in [0.3, 0.4) is 0 Å². The van der Waals surface area contributed by atoms with Crippen molar-refractivity contribution in [3.8, 4) is 27.4 Å². The average molecular weight is 969 g/mol. The molecular formula is C49H55Cl2N9O6S. The van der Waals surface area contributed by atoms with E-state index >= 15 is 0 Å². The highest BCUT2D eigenvalue weighted by Gasteiger charge is 2.45. The largest absolute Gasteiger partial charge is 0.486 e. The van der Waals surface area contributed by atoms with Gasteiger partial charge in [0, 0.05) is 61.0 Å². The zero-order valence-corrected chi connectivity index (χ0v) is 40.9. The number of hydrogen-bond acceptors (Lipinski definition) is 11. The maximum atomic E-state index is 14.3. The summed E-state index contributed by atoms with van der Waals surface area (Å²) >= 11 is 14.3. The molecule has 7 rings (SSSR count). The lowest BCUT2D eigenvalue weighted by molar-refractivity contribution is -0.144. The predicted octanol–water partition coefficient (Wildman–Crippen LogP) is 8.41. The summed E-state index contributed by atoms with van der Waals surface area (Å²) in [5.74, 6) is -1.11. The number of fused-ring (bicyclic) bond motifs is 1. The second-order valence-electron chi connectivity index (χ2n) is 18.9. The molecule has 5 heterocycles. The lowest BCUT2D eigenvalue weighted by Gasteiger charge is -2.36. The number of hydrogen-bond donors (Lipinski definition) is 5. The molecule has 0 bridgehead atoms. The average Bonchev–Trinajstić information content (AvgIpc) is 4.02. The number of amides is 4. The normalized spacial score (nSPS) is 16.6. The molecule has 0 saturated carbocycles. The fourth-order valence-electron chi connectivity index (χ4n) is 8.16. The van der Waals surface area contributed by atoms with E-state index in [9.17, 15) is 24.3 Å². The zero-order chi connectivity index (χ0) is 48.4. The van der Waals surface area contributed by atoms with Gasteiger partial charge in [-0.25, -0.2) is 4.98 Å². The van der Waals surface area contributed by atoms with Crippen LogP contribution < -0.4 is 20.7 Å². The number of aryl methyl sites for hydroxylation is 1. The first kappa shape index (κ1) is 49.0. The summed E-state index contributed by atoms with van der Waals surface area (Å²) in [5, 5.41) is 28.7. The van der Waals surface area contributed by atoms with Crippen LogP contribution in [0.1, 0.15) is 101 Å². The van der Waals surface area contributed by atoms with Gasteiger partial charge in [-0.15, -0.1) is 11.3 Å². The summed E-state index contributed by atoms with van der Waals surface area (Å²) in [6, 6.07) is 14.5. The fraction of sp³-hybridized carbons (Fsp3) is 0.388. The summed E-state index contributed by atoms with van der Waals surface area (Å²) in [5.41, 5.74) is 6.06. The Labute approximate surface area is 403 Å². The van der Waals surface area contributed by atoms with Gasteiger partial charge in [-0.1, -0.05) is 82.1 Å². The summed E-state index contributed by atoms with van der Waals surface area (Å²) in [7, 11) is 0. The molecule has 0 radical (unpaired) electrons. The number of aliphatic hydroxyl groups excluding tert-OH is 1. The molecule has 18 heteroatoms. The topological polar surface area (TPSA) is 204 Å². The van der Waals surface area contributed by atoms with Gasteiger partial charge in [0.2, 0.25) is 17.7 Å². The van der Waals surface area contributed by atoms with Crippen molar-refractivity contribution in [2.24, 2.45) is 10.8 Å². The summed E-state index contributed by atoms with van der Waals surface area (Å²) in [6.45, 7) is 14.9. The van der Waals surface area contributed by atoms with Crippen LogP contribution in [-0.4, -0.2) is 90.1 Å². The number of nitrogens with one attached hydrogen (secondary N) is 4. The standard InChI is InChI=1S/C49H55Cl2N9O6S/c1-26(29-9-11-30(12-10-29)43-27(2)55-25-67-43)56-46(64)39-17-32(61)23-60(39)47(65)44(48(4,5)6)57-40(62)19-49(7,8)24-54-45(63)38-15-13-31(20-53-38)42-34-18-33(14-16-37(34)58-59-42)66-28(3)41-35(50)21-52-22-36(41)51/h9-16,18,20-22,25-26,28,32,39,44,61H,17,19,23-24H2,1-8H3,(H,54,63)(H,56,64)(H,57,62)(H,58,59)/t26-,28+,32+,39-,44+/m0/s1. The molecule has 1 saturated heterocycles. The Morgan fingerprint density at radius 2 is 1.64 bits per heavy atom. The summed E-state index contributed by atoms with van der Waals surface area (Å²) < 4.78 is 6.20. The first-order valence-electron chi connectivity index (χ1n) is 22.0. The van der Waals surface area contributed by atoms with Gasteiger partial charge in [0.15, 0.2) is 0 Å². The van der Waals surface area contributed by atoms with E-state index in [1.165, 1.54) is 17.3 Å². The zero-order valence-electron chi connectivity index (χ0n) is 38.6. The molecule has 0 unspecified atom stereocenters. The maximum absolute atomic E-state index is 14.3. The van der Waals surface area contributed by atoms with Crippen molar-refractivity contribution in [3.63, 3.8) is 0 Å². The summed E-state index contributed by atoms with van der Waals surface area (Å²) in [6.07, 6.45) is 3.27. The number of pyridine rings is 2. The molecule has 1 aliphatic heterocycles. The Balaban J connectivity index is 0.938. The molecule has 5 atom stereocenters. The van der Waals surface area contributed by atoms with Crippen LogP contribution in [0.25, 0.3) is 32.6 Å². The third kappa shape index (κ3) is 11.4. The number of carbonyl (C=O) groups excluding carboxylic acids is 4. The molecule has 1 aliphatic rings. The Morgan fingerprint density at radius 3 is 2.28 bits per heavy atom. The SMILES string of the molecule is Cc1ncsc1-c1ccc([C@H](C)NC(=O)[C@@H]2C[C@@H](O)CN2C(=O)[C@@H](NC(=O)CC(C)(C)CNC(=O)c2ccc(-c3n[nH]c4ccc(O[C@H](C)c5c(Cl)cncc5Cl)cc34)cn2)C(C)(C)C)cc1. The van der Waals surface area contributed by atoms with E-state index < -0.39 is 52.8 Å². The van der Waals surface area contributed by atoms with Crippen molar-refractivity contribution in [2.45, 2.75) is 98.6 Å². The molecule has 15 nitrogen and oxygen atoms in total. The third-order valence-corrected chi connectivity index (χ3v) is 13.4. The lowest BCUT2D eigenvalue weighted by atomic mass is 9.84. The first-order chi connectivity index (χ1) is 31.7. The molecule has 0 spiro atoms. The molecule has 352 valence electrons. The van der Waals surface area contributed by atoms with Gasteiger partial charge in [-0.2, -0.15) is 5.10 Å². The Hall–Kier alpha value is -5.94. The van der Waals surface area contributed by atoms with Crippen LogP contribution in [0, 0.1) is 17.8 Å². The number of H-pyrrole nitrogens is 1. The highest BCUT2D eigenvalue weighted by atomic mass is 35.5. The van der Waals surface area contributed by atoms with Crippen LogP contribution in [0.4, 0.5) is 0 Å². The number of aromatic nitrogens is 5. The van der Waals surface area contributed by atoms with E-state index in [2.05, 4.69) is 41.1 Å². The van der Waals surface area contributed by atoms with Gasteiger partial charge >= 0.3 is 0 Å². The second-order valence-corrected chi connectivity index (χ2v) is 20.6. The lowest BCUT2D eigenvalue weighted by Crippen LogP contribution is -2.58. The van der Waals surface area contributed by atoms with Gasteiger partial charge < -0.3 is 30.7 Å². The quantitative estimate of drug-likeness (QED) is 0.0665. The van der Waals surface area contributed by atoms with Crippen molar-refractivity contribution in [1.82, 2.24) is 46.0 Å². The number of thiazole rings is 1. The number of benzene rings is 2. The predicted molar refractivity (Wildman–Crippen MR) is 260 cm³/mol. The van der Waals surface area contributed by atoms with Crippen LogP contribution in [-0.2, 0) is 14.4 Å². The first-order valence-corrected chi connectivity index (χ1v) is 23.6. The minimum Gasteiger partial charge on any atom is -0.486 e. The number of ether oxygens (including phenoxy) is 1. The fourth-order valence-corrected chi connectivity index (χ4v) is 9.65. The molecule has 6 aromatic rings. The molecule has 4 amide bonds. The molecule has 1 fully saturated rings. The van der Waals surface area contributed by atoms with E-state index in [1.54, 1.807) is 29.7 Å². The molecule has 2 aromatic carbocycles. The van der Waals surface area contributed by atoms with Gasteiger partial charge in [-0.3, -0.25) is 34.2 Å². The van der Waals surface area contributed by atoms with Gasteiger partial charge in [0.25, 0.3) is 5.91 Å². The van der Waals surface area contributed by atoms with Crippen molar-refractivity contribution >= 4 is 69.1 Å². The van der Waals surface area contributed by atoms with E-state index in [1.807, 2.05) is 103 Å². The Bertz CT molecular complexity index is 2750. The number of halogens is 2. The van der Waals surface area contributed by atoms with Crippen LogP contribution >= 0.6 is 34.5 Å². The molecule has 67 heavy (non-hydrogen) atoms. The number of likely N-dealkylation sites (tertiary alicyclic amines) is 1. The van der Waals surface area contributed by atoms with Gasteiger partial charge in [0.05, 0.1) is 43.8 Å². The smallest absolute Gasteiger partial charge is 0.269 e. The monoisotopic (exact) mass is 967 g/mol. The third-order valence-electron chi connectivity index (χ3n) is 11.8. The van der Waals surface area contributed by atoms with E-state index in [4.69, 9.17) is 27.9 Å². The number of aliphatic hydroxyl groups is 1. The van der Waals surface area contributed by atoms with Crippen molar-refractivity contribution in [3.05, 3.63) is 111 Å². The number of nitrogens with zero attached hydrogens (tertiary/aromatic N) is 5. The number of aromatic amines is 1. The minimum absolute atomic E-state index is 0.0235. The molecular weight excluding hydrogens is 914 g/mol. The molecule has 0 aliphatic carbocycles. The van der Waals surface area contributed by atoms with Crippen LogP contribution in [0.15, 0.2) is 78.7 Å². The molecule has 5 N–H and O–H groups in total. The van der Waals surface area contributed by atoms with Crippen LogP contribution in [0.5, 0.6) is 5.75 Å². The van der Waals surface area contributed by atoms with Gasteiger partial charge in [0.1, 0.15) is 35.3 Å². The highest BCUT2D eigenvalue weighted by Crippen LogP contribution is 2.35. The van der Waals surface area contributed by atoms with Crippen LogP contribution in [0.2, 0.25) is 10.0 Å². The van der Waals surface area contributed by atoms with E-state index in [0.29, 0.717) is 32.6 Å². The van der Waals surface area contributed by atoms with Crippen molar-refractivity contribution < 1.29 is 29.0 Å². The highest BCUT2D eigenvalue weighted by molar-refractivity contribution is 7.13. The van der Waals surface area contributed by atoms with Crippen molar-refractivity contribution in [1.29, 1.82) is 0 Å². The number of rotatable bonds is 15. The Kier molecular flexibility index (Phi) is 14.7.